The molecule has 0 atom stereocenters. The van der Waals surface area contributed by atoms with E-state index in [4.69, 9.17) is 0 Å². The Hall–Kier alpha value is -1.60. The molecular weight excluding hydrogens is 302 g/mol. The molecule has 3 rings (SSSR count). The average molecular weight is 323 g/mol. The molecule has 0 unspecified atom stereocenters. The third kappa shape index (κ3) is 2.83. The second kappa shape index (κ2) is 5.55. The molecule has 0 spiro atoms. The summed E-state index contributed by atoms with van der Waals surface area (Å²) in [5.41, 5.74) is 0.839. The molecule has 1 aromatic carbocycles. The normalized spacial score (nSPS) is 19.5. The minimum Gasteiger partial charge on any atom is -0.378 e. The van der Waals surface area contributed by atoms with Crippen molar-refractivity contribution >= 4 is 21.6 Å². The van der Waals surface area contributed by atoms with Gasteiger partial charge >= 0.3 is 0 Å². The molecule has 7 heteroatoms. The third-order valence-electron chi connectivity index (χ3n) is 4.16. The Labute approximate surface area is 131 Å². The van der Waals surface area contributed by atoms with Gasteiger partial charge in [0.25, 0.3) is 0 Å². The fourth-order valence-corrected chi connectivity index (χ4v) is 4.03. The van der Waals surface area contributed by atoms with Crippen molar-refractivity contribution in [1.82, 2.24) is 9.21 Å². The number of anilines is 1. The summed E-state index contributed by atoms with van der Waals surface area (Å²) in [4.78, 5) is 15.9. The van der Waals surface area contributed by atoms with Crippen molar-refractivity contribution in [2.75, 3.05) is 38.8 Å². The first-order chi connectivity index (χ1) is 10.4. The largest absolute Gasteiger partial charge is 0.378 e. The fraction of sp³-hybridized carbons (Fsp3) is 0.533. The van der Waals surface area contributed by atoms with E-state index < -0.39 is 10.0 Å². The summed E-state index contributed by atoms with van der Waals surface area (Å²) in [6, 6.07) is 6.88. The molecule has 2 fully saturated rings. The number of sulfonamides is 1. The minimum absolute atomic E-state index is 0.0970. The van der Waals surface area contributed by atoms with Crippen molar-refractivity contribution < 1.29 is 13.2 Å². The number of hydrogen-bond donors (Lipinski definition) is 0. The smallest absolute Gasteiger partial charge is 0.244 e. The standard InChI is InChI=1S/C15H21N3O3S/c1-16(2)13-4-3-5-14(10-13)22(20,21)18-9-8-17(11-18)15(19)12-6-7-12/h3-5,10,12H,6-9,11H2,1-2H3. The van der Waals surface area contributed by atoms with Gasteiger partial charge in [-0.05, 0) is 31.0 Å². The van der Waals surface area contributed by atoms with Crippen molar-refractivity contribution in [2.45, 2.75) is 17.7 Å². The number of amides is 1. The third-order valence-corrected chi connectivity index (χ3v) is 5.99. The second-order valence-electron chi connectivity index (χ2n) is 6.09. The van der Waals surface area contributed by atoms with Gasteiger partial charge < -0.3 is 9.80 Å². The van der Waals surface area contributed by atoms with Crippen LogP contribution in [0.25, 0.3) is 0 Å². The highest BCUT2D eigenvalue weighted by Crippen LogP contribution is 2.32. The van der Waals surface area contributed by atoms with Crippen LogP contribution in [0.15, 0.2) is 29.2 Å². The van der Waals surface area contributed by atoms with Crippen LogP contribution in [0, 0.1) is 5.92 Å². The van der Waals surface area contributed by atoms with Gasteiger partial charge in [-0.1, -0.05) is 6.07 Å². The Morgan fingerprint density at radius 3 is 2.59 bits per heavy atom. The van der Waals surface area contributed by atoms with Gasteiger partial charge in [-0.15, -0.1) is 0 Å². The van der Waals surface area contributed by atoms with E-state index >= 15 is 0 Å². The topological polar surface area (TPSA) is 60.9 Å². The molecule has 0 radical (unpaired) electrons. The molecule has 1 aliphatic carbocycles. The first-order valence-electron chi connectivity index (χ1n) is 7.46. The van der Waals surface area contributed by atoms with Crippen molar-refractivity contribution in [3.05, 3.63) is 24.3 Å². The molecule has 1 aromatic rings. The van der Waals surface area contributed by atoms with E-state index in [1.54, 1.807) is 23.1 Å². The molecule has 1 amide bonds. The van der Waals surface area contributed by atoms with Crippen LogP contribution in [0.1, 0.15) is 12.8 Å². The summed E-state index contributed by atoms with van der Waals surface area (Å²) < 4.78 is 26.9. The highest BCUT2D eigenvalue weighted by atomic mass is 32.2. The highest BCUT2D eigenvalue weighted by molar-refractivity contribution is 7.89. The molecule has 2 aliphatic rings. The van der Waals surface area contributed by atoms with E-state index in [0.717, 1.165) is 18.5 Å². The van der Waals surface area contributed by atoms with Crippen LogP contribution in [0.5, 0.6) is 0 Å². The van der Waals surface area contributed by atoms with E-state index in [0.29, 0.717) is 13.1 Å². The fourth-order valence-electron chi connectivity index (χ4n) is 2.60. The lowest BCUT2D eigenvalue weighted by Gasteiger charge is -2.19. The molecule has 1 heterocycles. The predicted molar refractivity (Wildman–Crippen MR) is 84.0 cm³/mol. The lowest BCUT2D eigenvalue weighted by atomic mass is 10.3. The maximum Gasteiger partial charge on any atom is 0.244 e. The Balaban J connectivity index is 1.78. The SMILES string of the molecule is CN(C)c1cccc(S(=O)(=O)N2CCN(C(=O)C3CC3)C2)c1. The van der Waals surface area contributed by atoms with E-state index in [-0.39, 0.29) is 23.4 Å². The summed E-state index contributed by atoms with van der Waals surface area (Å²) in [5, 5.41) is 0. The molecule has 0 N–H and O–H groups in total. The van der Waals surface area contributed by atoms with Crippen LogP contribution in [0.4, 0.5) is 5.69 Å². The molecule has 6 nitrogen and oxygen atoms in total. The van der Waals surface area contributed by atoms with E-state index in [9.17, 15) is 13.2 Å². The summed E-state index contributed by atoms with van der Waals surface area (Å²) >= 11 is 0. The molecule has 1 saturated heterocycles. The van der Waals surface area contributed by atoms with Crippen LogP contribution in [-0.2, 0) is 14.8 Å². The predicted octanol–water partition coefficient (Wildman–Crippen LogP) is 0.953. The zero-order valence-corrected chi connectivity index (χ0v) is 13.7. The maximum absolute atomic E-state index is 12.7. The Morgan fingerprint density at radius 1 is 1.23 bits per heavy atom. The van der Waals surface area contributed by atoms with Crippen molar-refractivity contribution in [1.29, 1.82) is 0 Å². The van der Waals surface area contributed by atoms with Crippen LogP contribution in [0.2, 0.25) is 0 Å². The summed E-state index contributed by atoms with van der Waals surface area (Å²) in [5.74, 6) is 0.222. The zero-order valence-electron chi connectivity index (χ0n) is 12.9. The number of carbonyl (C=O) groups is 1. The first-order valence-corrected chi connectivity index (χ1v) is 8.90. The lowest BCUT2D eigenvalue weighted by molar-refractivity contribution is -0.131. The summed E-state index contributed by atoms with van der Waals surface area (Å²) in [6.45, 7) is 1.03. The second-order valence-corrected chi connectivity index (χ2v) is 8.03. The van der Waals surface area contributed by atoms with Gasteiger partial charge in [-0.3, -0.25) is 4.79 Å². The van der Waals surface area contributed by atoms with Gasteiger partial charge in [0.05, 0.1) is 11.6 Å². The van der Waals surface area contributed by atoms with Gasteiger partial charge in [0.2, 0.25) is 15.9 Å². The average Bonchev–Trinajstić information content (AvgIpc) is 3.22. The number of rotatable bonds is 4. The van der Waals surface area contributed by atoms with Gasteiger partial charge in [-0.25, -0.2) is 8.42 Å². The number of carbonyl (C=O) groups excluding carboxylic acids is 1. The van der Waals surface area contributed by atoms with Crippen LogP contribution in [-0.4, -0.2) is 57.4 Å². The van der Waals surface area contributed by atoms with Crippen molar-refractivity contribution in [2.24, 2.45) is 5.92 Å². The quantitative estimate of drug-likeness (QED) is 0.828. The van der Waals surface area contributed by atoms with Gasteiger partial charge in [0.15, 0.2) is 0 Å². The number of hydrogen-bond acceptors (Lipinski definition) is 4. The first kappa shape index (κ1) is 15.3. The molecule has 1 saturated carbocycles. The van der Waals surface area contributed by atoms with Gasteiger partial charge in [0, 0.05) is 38.8 Å². The van der Waals surface area contributed by atoms with Crippen LogP contribution in [0.3, 0.4) is 0 Å². The molecule has 22 heavy (non-hydrogen) atoms. The Morgan fingerprint density at radius 2 is 1.95 bits per heavy atom. The summed E-state index contributed by atoms with van der Waals surface area (Å²) in [7, 11) is 0.192. The van der Waals surface area contributed by atoms with E-state index in [2.05, 4.69) is 0 Å². The van der Waals surface area contributed by atoms with Crippen LogP contribution < -0.4 is 4.90 Å². The van der Waals surface area contributed by atoms with Gasteiger partial charge in [0.1, 0.15) is 0 Å². The molecule has 0 aromatic heterocycles. The number of nitrogens with zero attached hydrogens (tertiary/aromatic N) is 3. The van der Waals surface area contributed by atoms with Crippen molar-refractivity contribution in [3.8, 4) is 0 Å². The van der Waals surface area contributed by atoms with E-state index in [1.807, 2.05) is 25.1 Å². The van der Waals surface area contributed by atoms with Gasteiger partial charge in [-0.2, -0.15) is 4.31 Å². The maximum atomic E-state index is 12.7. The lowest BCUT2D eigenvalue weighted by Crippen LogP contribution is -2.34. The van der Waals surface area contributed by atoms with Crippen molar-refractivity contribution in [3.63, 3.8) is 0 Å². The highest BCUT2D eigenvalue weighted by Gasteiger charge is 2.39. The minimum atomic E-state index is -3.55. The Kier molecular flexibility index (Phi) is 3.86. The molecule has 0 bridgehead atoms. The Bertz CT molecular complexity index is 683. The van der Waals surface area contributed by atoms with Crippen LogP contribution >= 0.6 is 0 Å². The summed E-state index contributed by atoms with van der Waals surface area (Å²) in [6.07, 6.45) is 1.87. The van der Waals surface area contributed by atoms with E-state index in [1.165, 1.54) is 4.31 Å². The molecular formula is C15H21N3O3S. The number of benzene rings is 1. The monoisotopic (exact) mass is 323 g/mol. The molecule has 1 aliphatic heterocycles. The molecule has 120 valence electrons. The zero-order chi connectivity index (χ0) is 15.9.